The van der Waals surface area contributed by atoms with E-state index in [2.05, 4.69) is 115 Å². The van der Waals surface area contributed by atoms with Crippen molar-refractivity contribution in [1.29, 1.82) is 0 Å². The maximum Gasteiger partial charge on any atom is 0.167 e. The number of fused-ring (bicyclic) bond motifs is 7. The Bertz CT molecular complexity index is 2980. The Kier molecular flexibility index (Phi) is 6.92. The highest BCUT2D eigenvalue weighted by Gasteiger charge is 2.39. The third kappa shape index (κ3) is 4.82. The van der Waals surface area contributed by atoms with Crippen LogP contribution in [-0.2, 0) is 0 Å². The first-order chi connectivity index (χ1) is 26.8. The number of rotatable bonds is 5. The summed E-state index contributed by atoms with van der Waals surface area (Å²) in [6.07, 6.45) is 6.56. The predicted octanol–water partition coefficient (Wildman–Crippen LogP) is 12.1. The lowest BCUT2D eigenvalue weighted by atomic mass is 9.81. The fraction of sp³-hybridized carbons (Fsp3) is 0.0408. The summed E-state index contributed by atoms with van der Waals surface area (Å²) in [5.74, 6) is 2.79. The molecule has 0 amide bonds. The quantitative estimate of drug-likeness (QED) is 0.180. The molecule has 2 aromatic heterocycles. The molecular weight excluding hydrogens is 663 g/mol. The SMILES string of the molecule is C1=CC2c3c(cccc3-c3ccc(-c4nc(-c5ccccc5)nc(-c5cccc6c5oc5ccccc56)n4)c4ccccc34)OC2C(c2ccccc2)=C1. The number of aromatic nitrogens is 3. The Balaban J connectivity index is 1.08. The van der Waals surface area contributed by atoms with Crippen LogP contribution in [0.5, 0.6) is 5.75 Å². The van der Waals surface area contributed by atoms with Crippen molar-refractivity contribution >= 4 is 38.3 Å². The number of para-hydroxylation sites is 2. The third-order valence-electron chi connectivity index (χ3n) is 10.8. The van der Waals surface area contributed by atoms with Crippen molar-refractivity contribution in [3.05, 3.63) is 187 Å². The molecular formula is C49H31N3O2. The fourth-order valence-corrected chi connectivity index (χ4v) is 8.29. The minimum atomic E-state index is -0.0876. The zero-order chi connectivity index (χ0) is 35.6. The zero-order valence-electron chi connectivity index (χ0n) is 29.1. The Hall–Kier alpha value is -7.11. The average Bonchev–Trinajstić information content (AvgIpc) is 3.83. The Morgan fingerprint density at radius 3 is 1.87 bits per heavy atom. The van der Waals surface area contributed by atoms with Crippen LogP contribution in [0.4, 0.5) is 0 Å². The van der Waals surface area contributed by atoms with Crippen LogP contribution in [0.1, 0.15) is 17.0 Å². The molecule has 0 radical (unpaired) electrons. The van der Waals surface area contributed by atoms with E-state index in [1.165, 1.54) is 22.3 Å². The van der Waals surface area contributed by atoms with Crippen LogP contribution in [-0.4, -0.2) is 21.1 Å². The molecule has 2 unspecified atom stereocenters. The van der Waals surface area contributed by atoms with Gasteiger partial charge in [-0.3, -0.25) is 0 Å². The van der Waals surface area contributed by atoms with Crippen LogP contribution in [0.25, 0.3) is 83.6 Å². The van der Waals surface area contributed by atoms with Crippen molar-refractivity contribution < 1.29 is 9.15 Å². The normalized spacial score (nSPS) is 16.0. The lowest BCUT2D eigenvalue weighted by Crippen LogP contribution is -2.21. The van der Waals surface area contributed by atoms with E-state index in [0.717, 1.165) is 60.7 Å². The summed E-state index contributed by atoms with van der Waals surface area (Å²) in [6.45, 7) is 0. The van der Waals surface area contributed by atoms with Crippen LogP contribution >= 0.6 is 0 Å². The van der Waals surface area contributed by atoms with Crippen LogP contribution in [0.15, 0.2) is 180 Å². The molecule has 9 aromatic rings. The number of allylic oxidation sites excluding steroid dienone is 2. The number of hydrogen-bond donors (Lipinski definition) is 0. The van der Waals surface area contributed by atoms with Crippen molar-refractivity contribution in [3.8, 4) is 51.0 Å². The van der Waals surface area contributed by atoms with E-state index in [4.69, 9.17) is 24.1 Å². The number of nitrogens with zero attached hydrogens (tertiary/aromatic N) is 3. The van der Waals surface area contributed by atoms with Gasteiger partial charge in [-0.05, 0) is 51.7 Å². The van der Waals surface area contributed by atoms with Gasteiger partial charge in [0.1, 0.15) is 23.0 Å². The van der Waals surface area contributed by atoms with Gasteiger partial charge in [-0.25, -0.2) is 15.0 Å². The lowest BCUT2D eigenvalue weighted by Gasteiger charge is -2.23. The highest BCUT2D eigenvalue weighted by molar-refractivity contribution is 6.09. The van der Waals surface area contributed by atoms with Crippen LogP contribution in [0.2, 0.25) is 0 Å². The molecule has 5 nitrogen and oxygen atoms in total. The highest BCUT2D eigenvalue weighted by atomic mass is 16.5. The van der Waals surface area contributed by atoms with Crippen molar-refractivity contribution in [2.24, 2.45) is 0 Å². The molecule has 5 heteroatoms. The van der Waals surface area contributed by atoms with Gasteiger partial charge in [-0.15, -0.1) is 0 Å². The summed E-state index contributed by atoms with van der Waals surface area (Å²) in [6, 6.07) is 54.3. The largest absolute Gasteiger partial charge is 0.484 e. The van der Waals surface area contributed by atoms with Gasteiger partial charge in [-0.2, -0.15) is 0 Å². The molecule has 2 atom stereocenters. The number of hydrogen-bond acceptors (Lipinski definition) is 5. The first-order valence-corrected chi connectivity index (χ1v) is 18.3. The van der Waals surface area contributed by atoms with Gasteiger partial charge in [-0.1, -0.05) is 152 Å². The number of furan rings is 1. The van der Waals surface area contributed by atoms with E-state index in [1.54, 1.807) is 0 Å². The van der Waals surface area contributed by atoms with E-state index < -0.39 is 0 Å². The van der Waals surface area contributed by atoms with Crippen LogP contribution in [0, 0.1) is 0 Å². The van der Waals surface area contributed by atoms with E-state index in [-0.39, 0.29) is 12.0 Å². The molecule has 1 aliphatic heterocycles. The summed E-state index contributed by atoms with van der Waals surface area (Å²) in [5, 5.41) is 4.27. The Labute approximate surface area is 311 Å². The first kappa shape index (κ1) is 30.5. The summed E-state index contributed by atoms with van der Waals surface area (Å²) < 4.78 is 13.2. The van der Waals surface area contributed by atoms with Gasteiger partial charge in [0.25, 0.3) is 0 Å². The van der Waals surface area contributed by atoms with Crippen LogP contribution in [0.3, 0.4) is 0 Å². The number of benzene rings is 7. The molecule has 1 aliphatic carbocycles. The van der Waals surface area contributed by atoms with Gasteiger partial charge in [0.2, 0.25) is 0 Å². The van der Waals surface area contributed by atoms with Crippen molar-refractivity contribution in [2.45, 2.75) is 12.0 Å². The van der Waals surface area contributed by atoms with Gasteiger partial charge < -0.3 is 9.15 Å². The minimum absolute atomic E-state index is 0.0876. The standard InChI is InChI=1S/C49H31N3O2/c1-3-14-30(15-4-1)32-21-11-24-40-44-37(22-13-27-43(44)54-45(32)40)35-28-29-39(34-19-8-7-18-33(34)35)48-50-47(31-16-5-2-6-17-31)51-49(52-48)41-25-12-23-38-36-20-9-10-26-42(36)53-46(38)41/h1-29,40,45H. The van der Waals surface area contributed by atoms with Crippen molar-refractivity contribution in [2.75, 3.05) is 0 Å². The molecule has 0 spiro atoms. The van der Waals surface area contributed by atoms with Crippen molar-refractivity contribution in [3.63, 3.8) is 0 Å². The smallest absolute Gasteiger partial charge is 0.167 e. The average molecular weight is 694 g/mol. The Morgan fingerprint density at radius 1 is 0.444 bits per heavy atom. The minimum Gasteiger partial charge on any atom is -0.484 e. The molecule has 254 valence electrons. The Morgan fingerprint density at radius 2 is 1.06 bits per heavy atom. The molecule has 3 heterocycles. The highest BCUT2D eigenvalue weighted by Crippen LogP contribution is 2.51. The molecule has 7 aromatic carbocycles. The molecule has 11 rings (SSSR count). The fourth-order valence-electron chi connectivity index (χ4n) is 8.29. The van der Waals surface area contributed by atoms with E-state index in [1.807, 2.05) is 60.7 Å². The molecule has 0 saturated carbocycles. The van der Waals surface area contributed by atoms with Gasteiger partial charge in [0.05, 0.1) is 5.56 Å². The summed E-state index contributed by atoms with van der Waals surface area (Å²) in [7, 11) is 0. The summed E-state index contributed by atoms with van der Waals surface area (Å²) >= 11 is 0. The van der Waals surface area contributed by atoms with E-state index in [0.29, 0.717) is 17.5 Å². The van der Waals surface area contributed by atoms with Gasteiger partial charge in [0.15, 0.2) is 17.5 Å². The maximum atomic E-state index is 6.75. The van der Waals surface area contributed by atoms with Crippen LogP contribution < -0.4 is 4.74 Å². The molecule has 0 fully saturated rings. The van der Waals surface area contributed by atoms with Crippen molar-refractivity contribution in [1.82, 2.24) is 15.0 Å². The molecule has 2 aliphatic rings. The second-order valence-corrected chi connectivity index (χ2v) is 13.8. The third-order valence-corrected chi connectivity index (χ3v) is 10.8. The molecule has 0 saturated heterocycles. The first-order valence-electron chi connectivity index (χ1n) is 18.3. The number of ether oxygens (including phenoxy) is 1. The zero-order valence-corrected chi connectivity index (χ0v) is 29.1. The lowest BCUT2D eigenvalue weighted by molar-refractivity contribution is 0.278. The monoisotopic (exact) mass is 693 g/mol. The summed E-state index contributed by atoms with van der Waals surface area (Å²) in [4.78, 5) is 15.4. The van der Waals surface area contributed by atoms with Gasteiger partial charge in [0, 0.05) is 39.0 Å². The molecule has 0 bridgehead atoms. The van der Waals surface area contributed by atoms with E-state index >= 15 is 0 Å². The topological polar surface area (TPSA) is 61.0 Å². The van der Waals surface area contributed by atoms with E-state index in [9.17, 15) is 0 Å². The maximum absolute atomic E-state index is 6.75. The second-order valence-electron chi connectivity index (χ2n) is 13.8. The molecule has 54 heavy (non-hydrogen) atoms. The summed E-state index contributed by atoms with van der Waals surface area (Å²) in [5.41, 5.74) is 10.2. The van der Waals surface area contributed by atoms with Gasteiger partial charge >= 0.3 is 0 Å². The molecule has 0 N–H and O–H groups in total. The second kappa shape index (κ2) is 12.2. The predicted molar refractivity (Wildman–Crippen MR) is 217 cm³/mol.